The lowest BCUT2D eigenvalue weighted by molar-refractivity contribution is -0.192. The third kappa shape index (κ3) is 7.73. The Morgan fingerprint density at radius 2 is 2.00 bits per heavy atom. The van der Waals surface area contributed by atoms with Crippen molar-refractivity contribution in [3.63, 3.8) is 0 Å². The molecule has 1 saturated heterocycles. The van der Waals surface area contributed by atoms with Crippen LogP contribution >= 0.6 is 11.3 Å². The van der Waals surface area contributed by atoms with E-state index in [4.69, 9.17) is 25.8 Å². The molecule has 40 heavy (non-hydrogen) atoms. The van der Waals surface area contributed by atoms with E-state index in [0.29, 0.717) is 35.6 Å². The van der Waals surface area contributed by atoms with E-state index in [1.165, 1.54) is 19.4 Å². The van der Waals surface area contributed by atoms with Gasteiger partial charge in [-0.2, -0.15) is 22.9 Å². The van der Waals surface area contributed by atoms with Crippen LogP contribution in [0, 0.1) is 5.41 Å². The molecule has 1 aromatic carbocycles. The third-order valence-electron chi connectivity index (χ3n) is 5.36. The lowest BCUT2D eigenvalue weighted by Crippen LogP contribution is -2.41. The van der Waals surface area contributed by atoms with E-state index < -0.39 is 28.2 Å². The highest BCUT2D eigenvalue weighted by Crippen LogP contribution is 2.30. The number of benzene rings is 1. The number of alkyl halides is 3. The van der Waals surface area contributed by atoms with Crippen molar-refractivity contribution in [2.75, 3.05) is 13.7 Å². The normalized spacial score (nSPS) is 15.3. The minimum atomic E-state index is -5.08. The number of nitrogens with zero attached hydrogens (tertiary/aromatic N) is 3. The zero-order valence-electron chi connectivity index (χ0n) is 20.7. The zero-order valence-corrected chi connectivity index (χ0v) is 22.3. The summed E-state index contributed by atoms with van der Waals surface area (Å²) in [5.74, 6) is -3.09. The van der Waals surface area contributed by atoms with Crippen LogP contribution in [-0.2, 0) is 26.2 Å². The Labute approximate surface area is 230 Å². The molecule has 1 aliphatic rings. The van der Waals surface area contributed by atoms with Gasteiger partial charge in [0.2, 0.25) is 5.91 Å². The van der Waals surface area contributed by atoms with Crippen molar-refractivity contribution in [3.05, 3.63) is 59.8 Å². The summed E-state index contributed by atoms with van der Waals surface area (Å²) < 4.78 is 65.2. The number of rotatable bonds is 8. The molecule has 2 aromatic heterocycles. The molecule has 1 unspecified atom stereocenters. The molecular formula is C23H23F3N6O6S2. The Bertz CT molecular complexity index is 1510. The van der Waals surface area contributed by atoms with Gasteiger partial charge in [0, 0.05) is 24.8 Å². The molecule has 0 aliphatic carbocycles. The van der Waals surface area contributed by atoms with Crippen LogP contribution in [0.4, 0.5) is 13.2 Å². The van der Waals surface area contributed by atoms with Crippen LogP contribution in [0.5, 0.6) is 6.01 Å². The zero-order chi connectivity index (χ0) is 29.7. The van der Waals surface area contributed by atoms with Crippen LogP contribution in [0.1, 0.15) is 17.5 Å². The Morgan fingerprint density at radius 3 is 2.62 bits per heavy atom. The molecule has 0 saturated carbocycles. The molecule has 3 aromatic rings. The number of nitrogens with one attached hydrogen (secondary N) is 2. The first-order valence-electron chi connectivity index (χ1n) is 11.2. The number of nitrogens with two attached hydrogens (primary N) is 1. The Hall–Kier alpha value is -4.09. The van der Waals surface area contributed by atoms with Crippen LogP contribution < -0.4 is 15.2 Å². The molecule has 5 N–H and O–H groups in total. The predicted octanol–water partition coefficient (Wildman–Crippen LogP) is 2.21. The molecule has 17 heteroatoms. The van der Waals surface area contributed by atoms with Gasteiger partial charge in [-0.1, -0.05) is 18.2 Å². The fraction of sp³-hybridized carbons (Fsp3) is 0.261. The summed E-state index contributed by atoms with van der Waals surface area (Å²) in [5, 5.41) is 14.7. The fourth-order valence-electron chi connectivity index (χ4n) is 3.49. The summed E-state index contributed by atoms with van der Waals surface area (Å²) >= 11 is 1.05. The molecule has 12 nitrogen and oxygen atoms in total. The topological polar surface area (TPSA) is 189 Å². The van der Waals surface area contributed by atoms with Gasteiger partial charge in [-0.25, -0.2) is 18.2 Å². The van der Waals surface area contributed by atoms with Crippen LogP contribution in [-0.4, -0.2) is 72.0 Å². The maximum atomic E-state index is 12.9. The third-order valence-corrected chi connectivity index (χ3v) is 8.43. The molecule has 214 valence electrons. The SMILES string of the molecule is COc1nccc(-c2ccc(S(=O)(=O)NC3CCN(Cc4cccc(C(=N)N)c4)C3=O)s2)n1.O=C(O)C(F)(F)F. The van der Waals surface area contributed by atoms with Crippen molar-refractivity contribution < 1.29 is 41.0 Å². The Morgan fingerprint density at radius 1 is 1.30 bits per heavy atom. The predicted molar refractivity (Wildman–Crippen MR) is 137 cm³/mol. The summed E-state index contributed by atoms with van der Waals surface area (Å²) in [6.45, 7) is 0.740. The molecule has 1 amide bonds. The van der Waals surface area contributed by atoms with E-state index >= 15 is 0 Å². The average molecular weight is 601 g/mol. The number of aliphatic carboxylic acids is 1. The van der Waals surface area contributed by atoms with Crippen molar-refractivity contribution in [3.8, 4) is 16.6 Å². The van der Waals surface area contributed by atoms with Gasteiger partial charge in [-0.05, 0) is 36.2 Å². The van der Waals surface area contributed by atoms with Crippen LogP contribution in [0.25, 0.3) is 10.6 Å². The number of halogens is 3. The lowest BCUT2D eigenvalue weighted by atomic mass is 10.1. The second-order valence-corrected chi connectivity index (χ2v) is 11.2. The number of thiophene rings is 1. The maximum absolute atomic E-state index is 12.9. The fourth-order valence-corrected chi connectivity index (χ4v) is 6.00. The van der Waals surface area contributed by atoms with E-state index in [1.807, 2.05) is 6.07 Å². The minimum Gasteiger partial charge on any atom is -0.475 e. The number of ether oxygens (including phenoxy) is 1. The van der Waals surface area contributed by atoms with Crippen molar-refractivity contribution in [2.45, 2.75) is 29.4 Å². The van der Waals surface area contributed by atoms with Gasteiger partial charge in [0.05, 0.1) is 17.7 Å². The van der Waals surface area contributed by atoms with Crippen LogP contribution in [0.2, 0.25) is 0 Å². The van der Waals surface area contributed by atoms with Crippen molar-refractivity contribution in [2.24, 2.45) is 5.73 Å². The van der Waals surface area contributed by atoms with E-state index in [2.05, 4.69) is 14.7 Å². The summed E-state index contributed by atoms with van der Waals surface area (Å²) in [7, 11) is -2.44. The largest absolute Gasteiger partial charge is 0.490 e. The summed E-state index contributed by atoms with van der Waals surface area (Å²) in [4.78, 5) is 32.1. The molecule has 0 spiro atoms. The van der Waals surface area contributed by atoms with E-state index in [-0.39, 0.29) is 22.0 Å². The number of amides is 1. The first kappa shape index (κ1) is 30.5. The van der Waals surface area contributed by atoms with Gasteiger partial charge in [-0.15, -0.1) is 11.3 Å². The highest BCUT2D eigenvalue weighted by molar-refractivity contribution is 7.91. The molecule has 0 bridgehead atoms. The van der Waals surface area contributed by atoms with Crippen molar-refractivity contribution in [1.29, 1.82) is 5.41 Å². The highest BCUT2D eigenvalue weighted by atomic mass is 32.2. The smallest absolute Gasteiger partial charge is 0.475 e. The molecule has 3 heterocycles. The number of hydrogen-bond donors (Lipinski definition) is 4. The summed E-state index contributed by atoms with van der Waals surface area (Å²) in [5.41, 5.74) is 7.47. The highest BCUT2D eigenvalue weighted by Gasteiger charge is 2.38. The number of hydrogen-bond acceptors (Lipinski definition) is 9. The van der Waals surface area contributed by atoms with Crippen LogP contribution in [0.3, 0.4) is 0 Å². The number of carboxylic acid groups (broad SMARTS) is 1. The number of amidine groups is 1. The van der Waals surface area contributed by atoms with Gasteiger partial charge < -0.3 is 20.5 Å². The minimum absolute atomic E-state index is 0.0500. The number of carbonyl (C=O) groups is 2. The van der Waals surface area contributed by atoms with Gasteiger partial charge >= 0.3 is 18.2 Å². The van der Waals surface area contributed by atoms with Crippen molar-refractivity contribution in [1.82, 2.24) is 19.6 Å². The number of likely N-dealkylation sites (tertiary alicyclic amines) is 1. The average Bonchev–Trinajstić information content (AvgIpc) is 3.53. The standard InChI is InChI=1S/C21H22N6O4S2.C2HF3O2/c1-31-21-24-9-7-15(25-21)17-5-6-18(32-17)33(29,30)26-16-8-10-27(20(16)28)12-13-3-2-4-14(11-13)19(22)23;3-2(4,5)1(6)7/h2-7,9,11,16,26H,8,10,12H2,1H3,(H3,22,23);(H,6,7). The number of nitrogen functional groups attached to an aromatic ring is 1. The lowest BCUT2D eigenvalue weighted by Gasteiger charge is -2.17. The Kier molecular flexibility index (Phi) is 9.44. The molecule has 0 radical (unpaired) electrons. The monoisotopic (exact) mass is 600 g/mol. The van der Waals surface area contributed by atoms with Crippen molar-refractivity contribution >= 4 is 39.1 Å². The van der Waals surface area contributed by atoms with E-state index in [1.54, 1.807) is 35.2 Å². The number of carboxylic acids is 1. The maximum Gasteiger partial charge on any atom is 0.490 e. The molecule has 1 atom stereocenters. The Balaban J connectivity index is 0.000000559. The van der Waals surface area contributed by atoms with E-state index in [9.17, 15) is 26.4 Å². The second kappa shape index (κ2) is 12.4. The summed E-state index contributed by atoms with van der Waals surface area (Å²) in [6, 6.07) is 11.2. The van der Waals surface area contributed by atoms with Gasteiger partial charge in [-0.3, -0.25) is 10.2 Å². The van der Waals surface area contributed by atoms with Crippen LogP contribution in [0.15, 0.2) is 52.9 Å². The molecular weight excluding hydrogens is 577 g/mol. The molecule has 1 aliphatic heterocycles. The van der Waals surface area contributed by atoms with Gasteiger partial charge in [0.1, 0.15) is 16.1 Å². The number of methoxy groups -OCH3 is 1. The first-order valence-corrected chi connectivity index (χ1v) is 13.5. The number of aromatic nitrogens is 2. The number of sulfonamides is 1. The first-order chi connectivity index (χ1) is 18.7. The number of carbonyl (C=O) groups excluding carboxylic acids is 1. The quantitative estimate of drug-likeness (QED) is 0.222. The molecule has 4 rings (SSSR count). The summed E-state index contributed by atoms with van der Waals surface area (Å²) in [6.07, 6.45) is -3.18. The van der Waals surface area contributed by atoms with E-state index in [0.717, 1.165) is 16.9 Å². The van der Waals surface area contributed by atoms with Gasteiger partial charge in [0.15, 0.2) is 0 Å². The van der Waals surface area contributed by atoms with Gasteiger partial charge in [0.25, 0.3) is 10.0 Å². The molecule has 1 fully saturated rings. The second-order valence-electron chi connectivity index (χ2n) is 8.19.